The van der Waals surface area contributed by atoms with E-state index in [1.807, 2.05) is 73.7 Å². The molecule has 0 saturated carbocycles. The maximum absolute atomic E-state index is 6.22. The molecule has 0 heterocycles. The molecule has 0 spiro atoms. The van der Waals surface area contributed by atoms with Crippen LogP contribution in [0.4, 0.5) is 5.69 Å². The molecular weight excluding hydrogens is 440 g/mol. The number of benzene rings is 3. The van der Waals surface area contributed by atoms with E-state index in [0.717, 1.165) is 21.3 Å². The van der Waals surface area contributed by atoms with E-state index >= 15 is 0 Å². The summed E-state index contributed by atoms with van der Waals surface area (Å²) in [6.45, 7) is 2.81. The quantitative estimate of drug-likeness (QED) is 0.308. The Bertz CT molecular complexity index is 949. The monoisotopic (exact) mass is 458 g/mol. The lowest BCUT2D eigenvalue weighted by Crippen LogP contribution is -2.02. The van der Waals surface area contributed by atoms with Crippen molar-refractivity contribution in [2.45, 2.75) is 13.5 Å². The van der Waals surface area contributed by atoms with Crippen LogP contribution < -0.4 is 14.9 Å². The smallest absolute Gasteiger partial charge is 0.175 e. The van der Waals surface area contributed by atoms with Gasteiger partial charge in [0.1, 0.15) is 6.61 Å². The van der Waals surface area contributed by atoms with Crippen molar-refractivity contribution < 1.29 is 9.47 Å². The molecule has 6 heteroatoms. The minimum absolute atomic E-state index is 0.349. The average molecular weight is 460 g/mol. The molecule has 0 atom stereocenters. The highest BCUT2D eigenvalue weighted by atomic mass is 79.9. The molecule has 3 rings (SSSR count). The molecule has 144 valence electrons. The normalized spacial score (nSPS) is 10.8. The van der Waals surface area contributed by atoms with Crippen LogP contribution in [0.2, 0.25) is 5.02 Å². The van der Waals surface area contributed by atoms with Gasteiger partial charge in [0.05, 0.1) is 23.0 Å². The van der Waals surface area contributed by atoms with Crippen LogP contribution in [0.1, 0.15) is 18.1 Å². The zero-order valence-corrected chi connectivity index (χ0v) is 17.7. The van der Waals surface area contributed by atoms with Crippen molar-refractivity contribution in [3.63, 3.8) is 0 Å². The van der Waals surface area contributed by atoms with E-state index in [1.54, 1.807) is 6.21 Å². The van der Waals surface area contributed by atoms with Crippen molar-refractivity contribution in [3.05, 3.63) is 87.4 Å². The lowest BCUT2D eigenvalue weighted by atomic mass is 10.2. The summed E-state index contributed by atoms with van der Waals surface area (Å²) in [5, 5.41) is 4.95. The van der Waals surface area contributed by atoms with Gasteiger partial charge in [-0.2, -0.15) is 5.10 Å². The molecule has 28 heavy (non-hydrogen) atoms. The Hall–Kier alpha value is -2.50. The second kappa shape index (κ2) is 10.2. The summed E-state index contributed by atoms with van der Waals surface area (Å²) in [7, 11) is 0. The van der Waals surface area contributed by atoms with Crippen molar-refractivity contribution in [1.29, 1.82) is 0 Å². The van der Waals surface area contributed by atoms with E-state index < -0.39 is 0 Å². The van der Waals surface area contributed by atoms with Crippen molar-refractivity contribution in [2.75, 3.05) is 12.0 Å². The first-order valence-corrected chi connectivity index (χ1v) is 10.0. The third kappa shape index (κ3) is 5.50. The molecule has 3 aromatic rings. The van der Waals surface area contributed by atoms with Crippen LogP contribution in [-0.4, -0.2) is 12.8 Å². The molecule has 0 aliphatic carbocycles. The third-order valence-electron chi connectivity index (χ3n) is 3.84. The van der Waals surface area contributed by atoms with Gasteiger partial charge in [-0.15, -0.1) is 0 Å². The van der Waals surface area contributed by atoms with Crippen LogP contribution in [0, 0.1) is 0 Å². The van der Waals surface area contributed by atoms with Gasteiger partial charge in [0.25, 0.3) is 0 Å². The van der Waals surface area contributed by atoms with Gasteiger partial charge < -0.3 is 9.47 Å². The number of para-hydroxylation sites is 1. The molecule has 0 fully saturated rings. The molecule has 0 radical (unpaired) electrons. The minimum Gasteiger partial charge on any atom is -0.490 e. The molecular formula is C22H20BrClN2O2. The molecule has 0 aromatic heterocycles. The molecule has 0 aliphatic rings. The average Bonchev–Trinajstić information content (AvgIpc) is 2.70. The second-order valence-electron chi connectivity index (χ2n) is 5.88. The fourth-order valence-corrected chi connectivity index (χ4v) is 3.29. The fraction of sp³-hybridized carbons (Fsp3) is 0.136. The highest BCUT2D eigenvalue weighted by Gasteiger charge is 2.13. The molecule has 3 aromatic carbocycles. The first-order chi connectivity index (χ1) is 13.7. The SMILES string of the molecule is CCOc1cc(C=NNc2ccccc2)cc(Br)c1OCc1ccccc1Cl. The van der Waals surface area contributed by atoms with E-state index in [-0.39, 0.29) is 0 Å². The summed E-state index contributed by atoms with van der Waals surface area (Å²) >= 11 is 9.79. The van der Waals surface area contributed by atoms with Crippen LogP contribution in [-0.2, 0) is 6.61 Å². The van der Waals surface area contributed by atoms with Crippen molar-refractivity contribution in [1.82, 2.24) is 0 Å². The maximum Gasteiger partial charge on any atom is 0.175 e. The van der Waals surface area contributed by atoms with E-state index in [1.165, 1.54) is 0 Å². The second-order valence-corrected chi connectivity index (χ2v) is 7.14. The molecule has 0 aliphatic heterocycles. The van der Waals surface area contributed by atoms with Gasteiger partial charge in [-0.3, -0.25) is 5.43 Å². The first-order valence-electron chi connectivity index (χ1n) is 8.84. The largest absolute Gasteiger partial charge is 0.490 e. The number of nitrogens with zero attached hydrogens (tertiary/aromatic N) is 1. The van der Waals surface area contributed by atoms with Gasteiger partial charge in [-0.1, -0.05) is 48.0 Å². The number of hydrogen-bond acceptors (Lipinski definition) is 4. The minimum atomic E-state index is 0.349. The number of rotatable bonds is 8. The number of halogens is 2. The standard InChI is InChI=1S/C22H20BrClN2O2/c1-2-27-21-13-16(14-25-26-18-9-4-3-5-10-18)12-19(23)22(21)28-15-17-8-6-7-11-20(17)24/h3-14,26H,2,15H2,1H3. The van der Waals surface area contributed by atoms with Crippen molar-refractivity contribution in [3.8, 4) is 11.5 Å². The van der Waals surface area contributed by atoms with Crippen LogP contribution in [0.5, 0.6) is 11.5 Å². The van der Waals surface area contributed by atoms with Gasteiger partial charge >= 0.3 is 0 Å². The first kappa shape index (κ1) is 20.2. The molecule has 0 bridgehead atoms. The van der Waals surface area contributed by atoms with E-state index in [0.29, 0.717) is 29.7 Å². The predicted octanol–water partition coefficient (Wildman–Crippen LogP) is 6.53. The zero-order valence-electron chi connectivity index (χ0n) is 15.4. The number of nitrogens with one attached hydrogen (secondary N) is 1. The lowest BCUT2D eigenvalue weighted by molar-refractivity contribution is 0.267. The zero-order chi connectivity index (χ0) is 19.8. The summed E-state index contributed by atoms with van der Waals surface area (Å²) < 4.78 is 12.6. The van der Waals surface area contributed by atoms with E-state index in [4.69, 9.17) is 21.1 Å². The number of hydrazone groups is 1. The predicted molar refractivity (Wildman–Crippen MR) is 119 cm³/mol. The van der Waals surface area contributed by atoms with Gasteiger partial charge in [0.2, 0.25) is 0 Å². The van der Waals surface area contributed by atoms with Gasteiger partial charge in [-0.25, -0.2) is 0 Å². The third-order valence-corrected chi connectivity index (χ3v) is 4.80. The lowest BCUT2D eigenvalue weighted by Gasteiger charge is -2.15. The van der Waals surface area contributed by atoms with Crippen LogP contribution in [0.3, 0.4) is 0 Å². The number of ether oxygens (including phenoxy) is 2. The number of anilines is 1. The number of hydrogen-bond donors (Lipinski definition) is 1. The van der Waals surface area contributed by atoms with Gasteiger partial charge in [-0.05, 0) is 58.7 Å². The van der Waals surface area contributed by atoms with Crippen LogP contribution in [0.15, 0.2) is 76.3 Å². The Morgan fingerprint density at radius 1 is 1.04 bits per heavy atom. The Morgan fingerprint density at radius 3 is 2.54 bits per heavy atom. The molecule has 4 nitrogen and oxygen atoms in total. The Morgan fingerprint density at radius 2 is 1.79 bits per heavy atom. The Kier molecular flexibility index (Phi) is 7.34. The summed E-state index contributed by atoms with van der Waals surface area (Å²) in [4.78, 5) is 0. The Balaban J connectivity index is 1.76. The maximum atomic E-state index is 6.22. The summed E-state index contributed by atoms with van der Waals surface area (Å²) in [6.07, 6.45) is 1.73. The highest BCUT2D eigenvalue weighted by molar-refractivity contribution is 9.10. The van der Waals surface area contributed by atoms with Gasteiger partial charge in [0.15, 0.2) is 11.5 Å². The van der Waals surface area contributed by atoms with Crippen molar-refractivity contribution in [2.24, 2.45) is 5.10 Å². The van der Waals surface area contributed by atoms with E-state index in [9.17, 15) is 0 Å². The summed E-state index contributed by atoms with van der Waals surface area (Å²) in [5.41, 5.74) is 5.71. The van der Waals surface area contributed by atoms with Crippen LogP contribution >= 0.6 is 27.5 Å². The molecule has 0 saturated heterocycles. The topological polar surface area (TPSA) is 42.8 Å². The molecule has 0 unspecified atom stereocenters. The summed E-state index contributed by atoms with van der Waals surface area (Å²) in [5.74, 6) is 1.28. The highest BCUT2D eigenvalue weighted by Crippen LogP contribution is 2.37. The van der Waals surface area contributed by atoms with Gasteiger partial charge in [0, 0.05) is 10.6 Å². The Labute approximate surface area is 178 Å². The fourth-order valence-electron chi connectivity index (χ4n) is 2.52. The van der Waals surface area contributed by atoms with Crippen molar-refractivity contribution >= 4 is 39.4 Å². The van der Waals surface area contributed by atoms with Crippen LogP contribution in [0.25, 0.3) is 0 Å². The summed E-state index contributed by atoms with van der Waals surface area (Å²) in [6, 6.07) is 21.2. The molecule has 1 N–H and O–H groups in total. The van der Waals surface area contributed by atoms with E-state index in [2.05, 4.69) is 26.5 Å². The molecule has 0 amide bonds.